The molecule has 1 aromatic heterocycles. The number of methoxy groups -OCH3 is 1. The van der Waals surface area contributed by atoms with Crippen LogP contribution in [0.25, 0.3) is 6.08 Å². The predicted octanol–water partition coefficient (Wildman–Crippen LogP) is 1.60. The molecule has 148 valence electrons. The molecule has 0 saturated heterocycles. The van der Waals surface area contributed by atoms with Crippen LogP contribution >= 0.6 is 0 Å². The van der Waals surface area contributed by atoms with Gasteiger partial charge in [0.1, 0.15) is 5.75 Å². The summed E-state index contributed by atoms with van der Waals surface area (Å²) >= 11 is 0. The Kier molecular flexibility index (Phi) is 9.23. The van der Waals surface area contributed by atoms with Crippen LogP contribution in [-0.4, -0.2) is 50.2 Å². The Hall–Kier alpha value is -3.19. The van der Waals surface area contributed by atoms with E-state index in [0.29, 0.717) is 31.9 Å². The number of carbonyl (C=O) groups excluding carboxylic acids is 2. The summed E-state index contributed by atoms with van der Waals surface area (Å²) < 4.78 is 10.4. The van der Waals surface area contributed by atoms with Crippen molar-refractivity contribution in [2.75, 3.05) is 33.4 Å². The second kappa shape index (κ2) is 12.2. The zero-order chi connectivity index (χ0) is 20.0. The van der Waals surface area contributed by atoms with Crippen LogP contribution in [0.5, 0.6) is 5.75 Å². The normalized spacial score (nSPS) is 10.6. The summed E-state index contributed by atoms with van der Waals surface area (Å²) in [5.74, 6) is 0.251. The molecule has 1 aromatic carbocycles. The van der Waals surface area contributed by atoms with Crippen molar-refractivity contribution in [1.29, 1.82) is 0 Å². The molecule has 1 heterocycles. The van der Waals surface area contributed by atoms with Crippen LogP contribution < -0.4 is 15.4 Å². The van der Waals surface area contributed by atoms with Gasteiger partial charge in [-0.1, -0.05) is 18.2 Å². The molecule has 2 amide bonds. The van der Waals surface area contributed by atoms with E-state index < -0.39 is 0 Å². The van der Waals surface area contributed by atoms with Crippen LogP contribution in [-0.2, 0) is 20.7 Å². The summed E-state index contributed by atoms with van der Waals surface area (Å²) in [5, 5.41) is 5.53. The first-order valence-corrected chi connectivity index (χ1v) is 9.00. The maximum Gasteiger partial charge on any atom is 0.258 e. The first kappa shape index (κ1) is 21.1. The Bertz CT molecular complexity index is 778. The Labute approximate surface area is 164 Å². The quantitative estimate of drug-likeness (QED) is 0.454. The Morgan fingerprint density at radius 1 is 1.14 bits per heavy atom. The minimum absolute atomic E-state index is 0.0525. The Balaban J connectivity index is 1.71. The van der Waals surface area contributed by atoms with Gasteiger partial charge in [-0.05, 0) is 41.8 Å². The maximum absolute atomic E-state index is 11.9. The van der Waals surface area contributed by atoms with Crippen molar-refractivity contribution in [2.45, 2.75) is 6.42 Å². The van der Waals surface area contributed by atoms with E-state index in [0.717, 1.165) is 11.1 Å². The van der Waals surface area contributed by atoms with E-state index >= 15 is 0 Å². The number of amides is 2. The first-order valence-electron chi connectivity index (χ1n) is 9.00. The maximum atomic E-state index is 11.9. The second-order valence-electron chi connectivity index (χ2n) is 5.94. The van der Waals surface area contributed by atoms with Crippen molar-refractivity contribution in [3.63, 3.8) is 0 Å². The smallest absolute Gasteiger partial charge is 0.258 e. The summed E-state index contributed by atoms with van der Waals surface area (Å²) in [6.45, 7) is 1.36. The van der Waals surface area contributed by atoms with Crippen LogP contribution in [0.15, 0.2) is 54.9 Å². The van der Waals surface area contributed by atoms with Gasteiger partial charge in [0, 0.05) is 38.7 Å². The third kappa shape index (κ3) is 8.46. The summed E-state index contributed by atoms with van der Waals surface area (Å²) in [6, 6.07) is 11.2. The van der Waals surface area contributed by atoms with Gasteiger partial charge in [-0.2, -0.15) is 0 Å². The fourth-order valence-corrected chi connectivity index (χ4v) is 2.32. The molecule has 0 aliphatic rings. The van der Waals surface area contributed by atoms with Crippen LogP contribution in [0.4, 0.5) is 0 Å². The van der Waals surface area contributed by atoms with E-state index in [1.54, 1.807) is 31.6 Å². The van der Waals surface area contributed by atoms with E-state index in [4.69, 9.17) is 9.47 Å². The van der Waals surface area contributed by atoms with Crippen molar-refractivity contribution in [3.8, 4) is 5.75 Å². The van der Waals surface area contributed by atoms with Gasteiger partial charge in [0.05, 0.1) is 6.61 Å². The number of nitrogens with zero attached hydrogens (tertiary/aromatic N) is 1. The van der Waals surface area contributed by atoms with Gasteiger partial charge in [-0.25, -0.2) is 0 Å². The van der Waals surface area contributed by atoms with E-state index in [9.17, 15) is 9.59 Å². The van der Waals surface area contributed by atoms with E-state index in [2.05, 4.69) is 15.6 Å². The Morgan fingerprint density at radius 3 is 2.82 bits per heavy atom. The lowest BCUT2D eigenvalue weighted by atomic mass is 10.1. The number of carbonyl (C=O) groups is 2. The molecule has 28 heavy (non-hydrogen) atoms. The number of hydrogen-bond donors (Lipinski definition) is 2. The minimum atomic E-state index is -0.199. The van der Waals surface area contributed by atoms with Gasteiger partial charge in [0.2, 0.25) is 5.91 Å². The van der Waals surface area contributed by atoms with Crippen molar-refractivity contribution >= 4 is 17.9 Å². The monoisotopic (exact) mass is 383 g/mol. The number of rotatable bonds is 11. The molecule has 7 nitrogen and oxygen atoms in total. The predicted molar refractivity (Wildman–Crippen MR) is 107 cm³/mol. The van der Waals surface area contributed by atoms with E-state index in [-0.39, 0.29) is 18.4 Å². The van der Waals surface area contributed by atoms with Crippen LogP contribution in [0.2, 0.25) is 0 Å². The molecule has 0 aliphatic carbocycles. The SMILES string of the molecule is COCCNC(=O)COc1cccc(CCNC(=O)/C=C/c2cccnc2)c1. The lowest BCUT2D eigenvalue weighted by Crippen LogP contribution is -2.31. The van der Waals surface area contributed by atoms with Gasteiger partial charge in [0.15, 0.2) is 6.61 Å². The van der Waals surface area contributed by atoms with Crippen molar-refractivity contribution in [2.24, 2.45) is 0 Å². The molecular formula is C21H25N3O4. The van der Waals surface area contributed by atoms with Gasteiger partial charge < -0.3 is 20.1 Å². The lowest BCUT2D eigenvalue weighted by molar-refractivity contribution is -0.123. The van der Waals surface area contributed by atoms with Gasteiger partial charge in [0.25, 0.3) is 5.91 Å². The first-order chi connectivity index (χ1) is 13.7. The summed E-state index contributed by atoms with van der Waals surface area (Å²) in [4.78, 5) is 27.5. The third-order valence-corrected chi connectivity index (χ3v) is 3.72. The molecule has 0 unspecified atom stereocenters. The average molecular weight is 383 g/mol. The fraction of sp³-hybridized carbons (Fsp3) is 0.286. The van der Waals surface area contributed by atoms with E-state index in [1.165, 1.54) is 6.08 Å². The number of ether oxygens (including phenoxy) is 2. The number of nitrogens with one attached hydrogen (secondary N) is 2. The summed E-state index contributed by atoms with van der Waals surface area (Å²) in [6.07, 6.45) is 7.23. The van der Waals surface area contributed by atoms with Gasteiger partial charge in [-0.3, -0.25) is 14.6 Å². The molecule has 0 atom stereocenters. The molecule has 0 radical (unpaired) electrons. The van der Waals surface area contributed by atoms with E-state index in [1.807, 2.05) is 30.3 Å². The molecule has 0 fully saturated rings. The molecule has 2 aromatic rings. The zero-order valence-corrected chi connectivity index (χ0v) is 15.9. The summed E-state index contributed by atoms with van der Waals surface area (Å²) in [7, 11) is 1.58. The highest BCUT2D eigenvalue weighted by atomic mass is 16.5. The largest absolute Gasteiger partial charge is 0.484 e. The van der Waals surface area contributed by atoms with Gasteiger partial charge >= 0.3 is 0 Å². The molecular weight excluding hydrogens is 358 g/mol. The van der Waals surface area contributed by atoms with Crippen LogP contribution in [0, 0.1) is 0 Å². The highest BCUT2D eigenvalue weighted by molar-refractivity contribution is 5.91. The van der Waals surface area contributed by atoms with Gasteiger partial charge in [-0.15, -0.1) is 0 Å². The number of pyridine rings is 1. The second-order valence-corrected chi connectivity index (χ2v) is 5.94. The minimum Gasteiger partial charge on any atom is -0.484 e. The lowest BCUT2D eigenvalue weighted by Gasteiger charge is -2.09. The zero-order valence-electron chi connectivity index (χ0n) is 15.9. The third-order valence-electron chi connectivity index (χ3n) is 3.72. The molecule has 0 aliphatic heterocycles. The van der Waals surface area contributed by atoms with Crippen molar-refractivity contribution < 1.29 is 19.1 Å². The molecule has 0 saturated carbocycles. The highest BCUT2D eigenvalue weighted by Crippen LogP contribution is 2.13. The Morgan fingerprint density at radius 2 is 2.04 bits per heavy atom. The van der Waals surface area contributed by atoms with Crippen molar-refractivity contribution in [1.82, 2.24) is 15.6 Å². The molecule has 2 rings (SSSR count). The van der Waals surface area contributed by atoms with Crippen molar-refractivity contribution in [3.05, 3.63) is 66.0 Å². The molecule has 2 N–H and O–H groups in total. The molecule has 7 heteroatoms. The number of hydrogen-bond acceptors (Lipinski definition) is 5. The molecule has 0 bridgehead atoms. The standard InChI is InChI=1S/C21H25N3O4/c1-27-13-12-24-21(26)16-28-19-6-2-4-17(14-19)9-11-23-20(25)8-7-18-5-3-10-22-15-18/h2-8,10,14-15H,9,11-13,16H2,1H3,(H,23,25)(H,24,26)/b8-7+. The fourth-order valence-electron chi connectivity index (χ4n) is 2.32. The van der Waals surface area contributed by atoms with Crippen LogP contribution in [0.3, 0.4) is 0 Å². The highest BCUT2D eigenvalue weighted by Gasteiger charge is 2.03. The molecule has 0 spiro atoms. The number of aromatic nitrogens is 1. The van der Waals surface area contributed by atoms with Crippen LogP contribution in [0.1, 0.15) is 11.1 Å². The average Bonchev–Trinajstić information content (AvgIpc) is 2.72. The summed E-state index contributed by atoms with van der Waals surface area (Å²) in [5.41, 5.74) is 1.88. The topological polar surface area (TPSA) is 89.5 Å². The number of benzene rings is 1.